The number of hydrogen-bond acceptors (Lipinski definition) is 5. The molecule has 2 heterocycles. The molecule has 0 unspecified atom stereocenters. The Morgan fingerprint density at radius 3 is 2.26 bits per heavy atom. The number of carbonyl (C=O) groups excluding carboxylic acids is 1. The summed E-state index contributed by atoms with van der Waals surface area (Å²) in [5, 5.41) is 13.5. The van der Waals surface area contributed by atoms with Crippen LogP contribution in [0.4, 0.5) is 5.69 Å². The third-order valence-corrected chi connectivity index (χ3v) is 7.96. The van der Waals surface area contributed by atoms with Crippen molar-refractivity contribution in [1.82, 2.24) is 4.98 Å². The van der Waals surface area contributed by atoms with Gasteiger partial charge in [0.1, 0.15) is 0 Å². The molecule has 188 valence electrons. The number of hydrogen-bond donors (Lipinski definition) is 3. The maximum absolute atomic E-state index is 12.4. The molecule has 6 aromatic rings. The molecule has 6 nitrogen and oxygen atoms in total. The number of carboxylic acids is 1. The molecule has 3 N–H and O–H groups in total. The fourth-order valence-corrected chi connectivity index (χ4v) is 5.84. The van der Waals surface area contributed by atoms with E-state index in [9.17, 15) is 14.4 Å². The maximum Gasteiger partial charge on any atom is 0.337 e. The normalized spacial score (nSPS) is 10.7. The summed E-state index contributed by atoms with van der Waals surface area (Å²) in [5.74, 6) is -1.05. The summed E-state index contributed by atoms with van der Waals surface area (Å²) in [4.78, 5) is 39.7. The van der Waals surface area contributed by atoms with Gasteiger partial charge in [0.2, 0.25) is 11.3 Å². The molecule has 0 radical (unpaired) electrons. The molecule has 0 fully saturated rings. The van der Waals surface area contributed by atoms with Crippen molar-refractivity contribution in [2.24, 2.45) is 0 Å². The third kappa shape index (κ3) is 5.46. The number of pyridine rings is 1. The van der Waals surface area contributed by atoms with E-state index in [0.717, 1.165) is 36.1 Å². The topological polar surface area (TPSA) is 99.3 Å². The van der Waals surface area contributed by atoms with E-state index in [4.69, 9.17) is 5.11 Å². The largest absolute Gasteiger partial charge is 0.478 e. The van der Waals surface area contributed by atoms with E-state index in [1.807, 2.05) is 66.7 Å². The van der Waals surface area contributed by atoms with Gasteiger partial charge in [0.15, 0.2) is 0 Å². The van der Waals surface area contributed by atoms with Crippen LogP contribution in [0.5, 0.6) is 0 Å². The van der Waals surface area contributed by atoms with Gasteiger partial charge in [-0.1, -0.05) is 60.7 Å². The minimum Gasteiger partial charge on any atom is -0.478 e. The molecule has 0 aliphatic heterocycles. The smallest absolute Gasteiger partial charge is 0.337 e. The number of aromatic nitrogens is 1. The average molecular weight is 539 g/mol. The number of para-hydroxylation sites is 2. The second-order valence-electron chi connectivity index (χ2n) is 8.30. The van der Waals surface area contributed by atoms with Crippen LogP contribution in [-0.2, 0) is 4.79 Å². The number of anilines is 1. The molecule has 0 aliphatic carbocycles. The SMILES string of the molecule is O=C(CSc1ccccc1)Nc1ccccc1C(=O)O.O=c1c2ccccc2[nH]c2c1sc1ccccc12. The van der Waals surface area contributed by atoms with Crippen molar-refractivity contribution >= 4 is 71.9 Å². The zero-order valence-electron chi connectivity index (χ0n) is 20.0. The third-order valence-electron chi connectivity index (χ3n) is 5.78. The highest BCUT2D eigenvalue weighted by Gasteiger charge is 2.12. The number of aromatic carboxylic acids is 1. The van der Waals surface area contributed by atoms with Crippen molar-refractivity contribution in [1.29, 1.82) is 0 Å². The van der Waals surface area contributed by atoms with Gasteiger partial charge in [0.05, 0.1) is 27.2 Å². The van der Waals surface area contributed by atoms with Crippen LogP contribution in [0.25, 0.3) is 31.2 Å². The van der Waals surface area contributed by atoms with Gasteiger partial charge >= 0.3 is 5.97 Å². The Hall–Kier alpha value is -4.40. The standard InChI is InChI=1S/C15H13NO3S.C15H9NOS/c17-14(10-20-11-6-2-1-3-7-11)16-13-9-5-4-8-12(13)15(18)19;17-14-9-5-1-3-7-11(9)16-13-10-6-2-4-8-12(10)18-15(13)14/h1-9H,10H2,(H,16,17)(H,18,19);1-8H,(H,16,17). The first-order chi connectivity index (χ1) is 18.5. The van der Waals surface area contributed by atoms with Crippen LogP contribution in [0.3, 0.4) is 0 Å². The minimum absolute atomic E-state index is 0.0885. The van der Waals surface area contributed by atoms with Crippen LogP contribution in [-0.4, -0.2) is 27.7 Å². The number of benzene rings is 4. The van der Waals surface area contributed by atoms with Gasteiger partial charge < -0.3 is 15.4 Å². The van der Waals surface area contributed by atoms with Crippen molar-refractivity contribution in [2.75, 3.05) is 11.1 Å². The molecular formula is C30H22N2O4S2. The molecule has 6 rings (SSSR count). The van der Waals surface area contributed by atoms with E-state index in [-0.39, 0.29) is 22.7 Å². The Bertz CT molecular complexity index is 1830. The number of carbonyl (C=O) groups is 2. The molecule has 0 aliphatic rings. The zero-order chi connectivity index (χ0) is 26.5. The van der Waals surface area contributed by atoms with Gasteiger partial charge in [-0.15, -0.1) is 23.1 Å². The lowest BCUT2D eigenvalue weighted by atomic mass is 10.1. The number of nitrogens with one attached hydrogen (secondary N) is 2. The first-order valence-corrected chi connectivity index (χ1v) is 13.5. The number of thioether (sulfide) groups is 1. The number of fused-ring (bicyclic) bond motifs is 4. The lowest BCUT2D eigenvalue weighted by molar-refractivity contribution is -0.113. The Kier molecular flexibility index (Phi) is 7.53. The number of aromatic amines is 1. The predicted molar refractivity (Wildman–Crippen MR) is 157 cm³/mol. The number of carboxylic acid groups (broad SMARTS) is 1. The van der Waals surface area contributed by atoms with E-state index >= 15 is 0 Å². The van der Waals surface area contributed by atoms with Gasteiger partial charge in [-0.05, 0) is 42.5 Å². The van der Waals surface area contributed by atoms with Crippen molar-refractivity contribution in [3.05, 3.63) is 119 Å². The Labute approximate surface area is 226 Å². The monoisotopic (exact) mass is 538 g/mol. The van der Waals surface area contributed by atoms with Crippen LogP contribution in [0, 0.1) is 0 Å². The molecular weight excluding hydrogens is 516 g/mol. The molecule has 0 atom stereocenters. The number of thiophene rings is 1. The van der Waals surface area contributed by atoms with E-state index < -0.39 is 5.97 Å². The molecule has 0 spiro atoms. The summed E-state index contributed by atoms with van der Waals surface area (Å²) in [7, 11) is 0. The van der Waals surface area contributed by atoms with Gasteiger partial charge in [-0.3, -0.25) is 9.59 Å². The summed E-state index contributed by atoms with van der Waals surface area (Å²) < 4.78 is 1.96. The predicted octanol–water partition coefficient (Wildman–Crippen LogP) is 7.01. The summed E-state index contributed by atoms with van der Waals surface area (Å²) in [6.07, 6.45) is 0. The summed E-state index contributed by atoms with van der Waals surface area (Å²) >= 11 is 2.96. The van der Waals surface area contributed by atoms with Gasteiger partial charge in [-0.25, -0.2) is 4.79 Å². The molecule has 0 saturated carbocycles. The van der Waals surface area contributed by atoms with E-state index in [1.54, 1.807) is 29.5 Å². The van der Waals surface area contributed by atoms with Gasteiger partial charge in [0.25, 0.3) is 0 Å². The lowest BCUT2D eigenvalue weighted by Gasteiger charge is -2.08. The quantitative estimate of drug-likeness (QED) is 0.205. The van der Waals surface area contributed by atoms with E-state index in [2.05, 4.69) is 22.4 Å². The fourth-order valence-electron chi connectivity index (χ4n) is 4.01. The van der Waals surface area contributed by atoms with Gasteiger partial charge in [-0.2, -0.15) is 0 Å². The minimum atomic E-state index is -1.06. The summed E-state index contributed by atoms with van der Waals surface area (Å²) in [5.41, 5.74) is 2.39. The maximum atomic E-state index is 12.4. The van der Waals surface area contributed by atoms with Crippen molar-refractivity contribution < 1.29 is 14.7 Å². The Balaban J connectivity index is 0.000000155. The van der Waals surface area contributed by atoms with Crippen LogP contribution >= 0.6 is 23.1 Å². The number of H-pyrrole nitrogens is 1. The number of rotatable bonds is 5. The van der Waals surface area contributed by atoms with E-state index in [0.29, 0.717) is 5.69 Å². The van der Waals surface area contributed by atoms with Crippen LogP contribution < -0.4 is 10.7 Å². The molecule has 8 heteroatoms. The number of amides is 1. The van der Waals surface area contributed by atoms with Crippen molar-refractivity contribution in [3.63, 3.8) is 0 Å². The first kappa shape index (κ1) is 25.3. The first-order valence-electron chi connectivity index (χ1n) is 11.7. The Morgan fingerprint density at radius 2 is 1.47 bits per heavy atom. The second kappa shape index (κ2) is 11.3. The molecule has 1 amide bonds. The zero-order valence-corrected chi connectivity index (χ0v) is 21.6. The molecule has 4 aromatic carbocycles. The lowest BCUT2D eigenvalue weighted by Crippen LogP contribution is -2.16. The highest BCUT2D eigenvalue weighted by Crippen LogP contribution is 2.31. The fraction of sp³-hybridized carbons (Fsp3) is 0.0333. The molecule has 2 aromatic heterocycles. The van der Waals surface area contributed by atoms with Gasteiger partial charge in [0, 0.05) is 25.9 Å². The Morgan fingerprint density at radius 1 is 0.816 bits per heavy atom. The molecule has 38 heavy (non-hydrogen) atoms. The van der Waals surface area contributed by atoms with E-state index in [1.165, 1.54) is 17.8 Å². The average Bonchev–Trinajstić information content (AvgIpc) is 3.32. The molecule has 0 bridgehead atoms. The highest BCUT2D eigenvalue weighted by molar-refractivity contribution is 8.00. The molecule has 0 saturated heterocycles. The van der Waals surface area contributed by atoms with Crippen molar-refractivity contribution in [3.8, 4) is 0 Å². The van der Waals surface area contributed by atoms with Crippen molar-refractivity contribution in [2.45, 2.75) is 4.90 Å². The van der Waals surface area contributed by atoms with Crippen LogP contribution in [0.1, 0.15) is 10.4 Å². The van der Waals surface area contributed by atoms with Crippen LogP contribution in [0.15, 0.2) is 113 Å². The summed E-state index contributed by atoms with van der Waals surface area (Å²) in [6, 6.07) is 31.7. The highest BCUT2D eigenvalue weighted by atomic mass is 32.2. The summed E-state index contributed by atoms with van der Waals surface area (Å²) in [6.45, 7) is 0. The second-order valence-corrected chi connectivity index (χ2v) is 10.4. The van der Waals surface area contributed by atoms with Crippen LogP contribution in [0.2, 0.25) is 0 Å².